The van der Waals surface area contributed by atoms with E-state index in [1.165, 1.54) is 11.0 Å². The molecule has 1 saturated carbocycles. The topological polar surface area (TPSA) is 105 Å². The maximum atomic E-state index is 13.2. The number of nitrogens with zero attached hydrogens (tertiary/aromatic N) is 1. The van der Waals surface area contributed by atoms with Crippen LogP contribution < -0.4 is 15.4 Å². The molecule has 5 atom stereocenters. The molecule has 178 valence electrons. The van der Waals surface area contributed by atoms with Gasteiger partial charge in [-0.05, 0) is 48.3 Å². The molecule has 4 rings (SSSR count). The van der Waals surface area contributed by atoms with Gasteiger partial charge in [0.2, 0.25) is 11.8 Å². The number of benzene rings is 1. The summed E-state index contributed by atoms with van der Waals surface area (Å²) in [5.41, 5.74) is -0.0683. The first-order chi connectivity index (χ1) is 15.6. The molecule has 0 aromatic heterocycles. The zero-order valence-electron chi connectivity index (χ0n) is 18.5. The molecule has 2 N–H and O–H groups in total. The minimum Gasteiger partial charge on any atom is -0.482 e. The molecule has 33 heavy (non-hydrogen) atoms. The number of amides is 3. The second-order valence-corrected chi connectivity index (χ2v) is 10.4. The third kappa shape index (κ3) is 4.68. The first-order valence-corrected chi connectivity index (χ1v) is 11.8. The molecular weight excluding hydrogens is 469 g/mol. The average Bonchev–Trinajstić information content (AvgIpc) is 3.12. The molecule has 1 aromatic carbocycles. The molecule has 3 amide bonds. The number of hydrogen-bond acceptors (Lipinski definition) is 5. The molecule has 0 radical (unpaired) electrons. The van der Waals surface area contributed by atoms with Gasteiger partial charge in [0, 0.05) is 24.0 Å². The van der Waals surface area contributed by atoms with Crippen LogP contribution in [0.25, 0.3) is 0 Å². The van der Waals surface area contributed by atoms with Gasteiger partial charge in [-0.3, -0.25) is 14.4 Å². The standard InChI is InChI=1S/C23H27Cl2N3O5/c1-23(2)15-9-28(18(30)11-33-17-4-3-13(24)8-16(17)25)20(19(15)23)22(32)27-14(10-29)7-12-5-6-26-21(12)31/h3-4,8,10,12,14-15,19-20H,5-7,9,11H2,1-2H3,(H,26,31)(H,27,32)/t12-,14-,15-,19-,20+/m0/s1. The van der Waals surface area contributed by atoms with Crippen LogP contribution in [-0.2, 0) is 19.2 Å². The molecule has 2 heterocycles. The Morgan fingerprint density at radius 1 is 1.36 bits per heavy atom. The fourth-order valence-electron chi connectivity index (χ4n) is 5.25. The highest BCUT2D eigenvalue weighted by Gasteiger charge is 2.69. The monoisotopic (exact) mass is 495 g/mol. The summed E-state index contributed by atoms with van der Waals surface area (Å²) >= 11 is 12.0. The number of aldehydes is 1. The summed E-state index contributed by atoms with van der Waals surface area (Å²) in [5, 5.41) is 6.25. The van der Waals surface area contributed by atoms with Crippen molar-refractivity contribution >= 4 is 47.2 Å². The molecule has 2 saturated heterocycles. The van der Waals surface area contributed by atoms with Crippen molar-refractivity contribution in [3.63, 3.8) is 0 Å². The number of carbonyl (C=O) groups is 4. The van der Waals surface area contributed by atoms with E-state index in [9.17, 15) is 19.2 Å². The Balaban J connectivity index is 1.42. The zero-order chi connectivity index (χ0) is 23.9. The highest BCUT2D eigenvalue weighted by atomic mass is 35.5. The Kier molecular flexibility index (Phi) is 6.60. The molecule has 0 spiro atoms. The lowest BCUT2D eigenvalue weighted by Crippen LogP contribution is -2.53. The summed E-state index contributed by atoms with van der Waals surface area (Å²) in [7, 11) is 0. The number of carbonyl (C=O) groups excluding carboxylic acids is 4. The molecule has 0 unspecified atom stereocenters. The van der Waals surface area contributed by atoms with Gasteiger partial charge in [0.15, 0.2) is 6.61 Å². The third-order valence-electron chi connectivity index (χ3n) is 7.24. The number of ether oxygens (including phenoxy) is 1. The van der Waals surface area contributed by atoms with Crippen molar-refractivity contribution in [1.82, 2.24) is 15.5 Å². The summed E-state index contributed by atoms with van der Waals surface area (Å²) in [6.07, 6.45) is 1.54. The minimum absolute atomic E-state index is 0.00245. The van der Waals surface area contributed by atoms with Gasteiger partial charge in [-0.25, -0.2) is 0 Å². The number of likely N-dealkylation sites (tertiary alicyclic amines) is 1. The van der Waals surface area contributed by atoms with E-state index in [0.717, 1.165) is 0 Å². The van der Waals surface area contributed by atoms with Crippen molar-refractivity contribution in [2.75, 3.05) is 19.7 Å². The van der Waals surface area contributed by atoms with E-state index in [0.29, 0.717) is 41.6 Å². The van der Waals surface area contributed by atoms with Crippen LogP contribution in [0.5, 0.6) is 5.75 Å². The normalized spacial score (nSPS) is 28.0. The Morgan fingerprint density at radius 3 is 2.76 bits per heavy atom. The molecule has 3 aliphatic rings. The molecule has 2 aliphatic heterocycles. The SMILES string of the molecule is CC1(C)[C@@H]2[C@H](C(=O)N[C@H](C=O)C[C@@H]3CCNC3=O)N(C(=O)COc3ccc(Cl)cc3Cl)C[C@@H]21. The number of rotatable bonds is 8. The molecule has 10 heteroatoms. The quantitative estimate of drug-likeness (QED) is 0.537. The van der Waals surface area contributed by atoms with Gasteiger partial charge in [0.1, 0.15) is 18.1 Å². The van der Waals surface area contributed by atoms with E-state index < -0.39 is 12.1 Å². The van der Waals surface area contributed by atoms with Gasteiger partial charge in [0.25, 0.3) is 5.91 Å². The molecule has 1 aromatic rings. The van der Waals surface area contributed by atoms with Gasteiger partial charge in [-0.2, -0.15) is 0 Å². The van der Waals surface area contributed by atoms with Gasteiger partial charge >= 0.3 is 0 Å². The predicted octanol–water partition coefficient (Wildman–Crippen LogP) is 2.07. The van der Waals surface area contributed by atoms with Crippen molar-refractivity contribution in [3.8, 4) is 5.75 Å². The molecule has 1 aliphatic carbocycles. The number of piperidine rings is 1. The third-order valence-corrected chi connectivity index (χ3v) is 7.77. The van der Waals surface area contributed by atoms with Crippen LogP contribution >= 0.6 is 23.2 Å². The van der Waals surface area contributed by atoms with Crippen LogP contribution in [0.2, 0.25) is 10.0 Å². The van der Waals surface area contributed by atoms with E-state index in [1.54, 1.807) is 12.1 Å². The number of hydrogen-bond donors (Lipinski definition) is 2. The Morgan fingerprint density at radius 2 is 2.12 bits per heavy atom. The van der Waals surface area contributed by atoms with Crippen LogP contribution in [0.3, 0.4) is 0 Å². The highest BCUT2D eigenvalue weighted by molar-refractivity contribution is 6.35. The number of halogens is 2. The Labute approximate surface area is 202 Å². The minimum atomic E-state index is -0.784. The maximum Gasteiger partial charge on any atom is 0.261 e. The van der Waals surface area contributed by atoms with E-state index in [2.05, 4.69) is 24.5 Å². The van der Waals surface area contributed by atoms with Gasteiger partial charge in [-0.15, -0.1) is 0 Å². The fraction of sp³-hybridized carbons (Fsp3) is 0.565. The van der Waals surface area contributed by atoms with Crippen molar-refractivity contribution in [2.24, 2.45) is 23.2 Å². The second-order valence-electron chi connectivity index (χ2n) is 9.57. The maximum absolute atomic E-state index is 13.2. The van der Waals surface area contributed by atoms with Gasteiger partial charge < -0.3 is 25.1 Å². The highest BCUT2D eigenvalue weighted by Crippen LogP contribution is 2.64. The van der Waals surface area contributed by atoms with Crippen molar-refractivity contribution in [3.05, 3.63) is 28.2 Å². The number of fused-ring (bicyclic) bond motifs is 1. The molecule has 0 bridgehead atoms. The van der Waals surface area contributed by atoms with Crippen molar-refractivity contribution in [1.29, 1.82) is 0 Å². The largest absolute Gasteiger partial charge is 0.482 e. The zero-order valence-corrected chi connectivity index (χ0v) is 20.0. The first-order valence-electron chi connectivity index (χ1n) is 11.0. The van der Waals surface area contributed by atoms with E-state index in [1.807, 2.05) is 0 Å². The Bertz CT molecular complexity index is 985. The summed E-state index contributed by atoms with van der Waals surface area (Å²) in [6.45, 7) is 4.90. The molecule has 8 nitrogen and oxygen atoms in total. The number of nitrogens with one attached hydrogen (secondary N) is 2. The van der Waals surface area contributed by atoms with Crippen molar-refractivity contribution in [2.45, 2.75) is 38.8 Å². The Hall–Kier alpha value is -2.32. The van der Waals surface area contributed by atoms with Crippen LogP contribution in [0.15, 0.2) is 18.2 Å². The lowest BCUT2D eigenvalue weighted by molar-refractivity contribution is -0.142. The lowest BCUT2D eigenvalue weighted by Gasteiger charge is -2.31. The fourth-order valence-corrected chi connectivity index (χ4v) is 5.71. The van der Waals surface area contributed by atoms with Crippen LogP contribution in [0.4, 0.5) is 0 Å². The van der Waals surface area contributed by atoms with Gasteiger partial charge in [0.05, 0.1) is 11.1 Å². The first kappa shape index (κ1) is 23.8. The van der Waals surface area contributed by atoms with Gasteiger partial charge in [-0.1, -0.05) is 37.0 Å². The molecule has 3 fully saturated rings. The summed E-state index contributed by atoms with van der Waals surface area (Å²) in [4.78, 5) is 51.3. The summed E-state index contributed by atoms with van der Waals surface area (Å²) in [6, 6.07) is 3.24. The molecular formula is C23H27Cl2N3O5. The van der Waals surface area contributed by atoms with Crippen LogP contribution in [0.1, 0.15) is 26.7 Å². The average molecular weight is 496 g/mol. The predicted molar refractivity (Wildman–Crippen MR) is 122 cm³/mol. The van der Waals surface area contributed by atoms with E-state index in [4.69, 9.17) is 27.9 Å². The van der Waals surface area contributed by atoms with Crippen LogP contribution in [-0.4, -0.2) is 60.7 Å². The summed E-state index contributed by atoms with van der Waals surface area (Å²) < 4.78 is 5.58. The van der Waals surface area contributed by atoms with Crippen LogP contribution in [0, 0.1) is 23.2 Å². The summed E-state index contributed by atoms with van der Waals surface area (Å²) in [5.74, 6) is -0.576. The second kappa shape index (κ2) is 9.14. The van der Waals surface area contributed by atoms with Crippen molar-refractivity contribution < 1.29 is 23.9 Å². The smallest absolute Gasteiger partial charge is 0.261 e. The lowest BCUT2D eigenvalue weighted by atomic mass is 9.97. The van der Waals surface area contributed by atoms with E-state index >= 15 is 0 Å². The van der Waals surface area contributed by atoms with E-state index in [-0.39, 0.29) is 53.9 Å².